The first-order valence-corrected chi connectivity index (χ1v) is 8.12. The van der Waals surface area contributed by atoms with Gasteiger partial charge < -0.3 is 16.0 Å². The zero-order chi connectivity index (χ0) is 14.7. The second-order valence-corrected chi connectivity index (χ2v) is 6.21. The average Bonchev–Trinajstić information content (AvgIpc) is 3.31. The Morgan fingerprint density at radius 1 is 1.33 bits per heavy atom. The molecule has 1 aliphatic carbocycles. The van der Waals surface area contributed by atoms with Gasteiger partial charge in [-0.2, -0.15) is 0 Å². The molecule has 2 aliphatic rings. The highest BCUT2D eigenvalue weighted by Gasteiger charge is 2.27. The molecule has 1 unspecified atom stereocenters. The van der Waals surface area contributed by atoms with Gasteiger partial charge in [0.25, 0.3) is 0 Å². The Bertz CT molecular complexity index is 499. The molecule has 0 spiro atoms. The van der Waals surface area contributed by atoms with Crippen molar-refractivity contribution in [2.45, 2.75) is 50.6 Å². The van der Waals surface area contributed by atoms with Gasteiger partial charge in [0.1, 0.15) is 0 Å². The van der Waals surface area contributed by atoms with Crippen LogP contribution in [0.2, 0.25) is 0 Å². The molecule has 1 heterocycles. The number of amides is 1. The minimum absolute atomic E-state index is 0.1000. The van der Waals surface area contributed by atoms with Crippen LogP contribution in [0.4, 0.5) is 5.69 Å². The summed E-state index contributed by atoms with van der Waals surface area (Å²) in [6.07, 6.45) is 6.26. The van der Waals surface area contributed by atoms with E-state index in [2.05, 4.69) is 34.5 Å². The SMILES string of the molecule is NCC(CC(=O)NC1CC1)N1CCCCc2ccccc21. The van der Waals surface area contributed by atoms with Crippen LogP contribution in [0.3, 0.4) is 0 Å². The summed E-state index contributed by atoms with van der Waals surface area (Å²) in [6, 6.07) is 9.07. The Labute approximate surface area is 126 Å². The minimum Gasteiger partial charge on any atom is -0.367 e. The summed E-state index contributed by atoms with van der Waals surface area (Å²) < 4.78 is 0. The van der Waals surface area contributed by atoms with Crippen molar-refractivity contribution in [2.75, 3.05) is 18.0 Å². The summed E-state index contributed by atoms with van der Waals surface area (Å²) in [5, 5.41) is 3.08. The summed E-state index contributed by atoms with van der Waals surface area (Å²) >= 11 is 0. The fourth-order valence-electron chi connectivity index (χ4n) is 3.15. The molecule has 21 heavy (non-hydrogen) atoms. The fraction of sp³-hybridized carbons (Fsp3) is 0.588. The molecule has 1 atom stereocenters. The van der Waals surface area contributed by atoms with Crippen LogP contribution in [0, 0.1) is 0 Å². The predicted molar refractivity (Wildman–Crippen MR) is 85.4 cm³/mol. The number of nitrogens with two attached hydrogens (primary N) is 1. The highest BCUT2D eigenvalue weighted by Crippen LogP contribution is 2.28. The van der Waals surface area contributed by atoms with Gasteiger partial charge in [-0.15, -0.1) is 0 Å². The molecule has 1 saturated carbocycles. The molecule has 0 aromatic heterocycles. The summed E-state index contributed by atoms with van der Waals surface area (Å²) in [5.41, 5.74) is 8.64. The minimum atomic E-state index is 0.1000. The van der Waals surface area contributed by atoms with Gasteiger partial charge in [-0.25, -0.2) is 0 Å². The molecule has 1 amide bonds. The first-order chi connectivity index (χ1) is 10.3. The van der Waals surface area contributed by atoms with Gasteiger partial charge in [-0.1, -0.05) is 18.2 Å². The van der Waals surface area contributed by atoms with Crippen LogP contribution >= 0.6 is 0 Å². The van der Waals surface area contributed by atoms with Gasteiger partial charge >= 0.3 is 0 Å². The molecule has 1 aliphatic heterocycles. The van der Waals surface area contributed by atoms with E-state index >= 15 is 0 Å². The van der Waals surface area contributed by atoms with E-state index in [1.165, 1.54) is 17.7 Å². The number of carbonyl (C=O) groups is 1. The molecular weight excluding hydrogens is 262 g/mol. The average molecular weight is 287 g/mol. The lowest BCUT2D eigenvalue weighted by atomic mass is 10.1. The number of rotatable bonds is 5. The maximum absolute atomic E-state index is 12.1. The zero-order valence-corrected chi connectivity index (χ0v) is 12.6. The van der Waals surface area contributed by atoms with Crippen molar-refractivity contribution >= 4 is 11.6 Å². The predicted octanol–water partition coefficient (Wildman–Crippen LogP) is 1.83. The molecule has 3 N–H and O–H groups in total. The maximum Gasteiger partial charge on any atom is 0.222 e. The van der Waals surface area contributed by atoms with Crippen molar-refractivity contribution in [1.29, 1.82) is 0 Å². The molecule has 3 rings (SSSR count). The van der Waals surface area contributed by atoms with Gasteiger partial charge in [0.2, 0.25) is 5.91 Å². The van der Waals surface area contributed by atoms with Gasteiger partial charge in [0, 0.05) is 37.3 Å². The van der Waals surface area contributed by atoms with Crippen molar-refractivity contribution in [2.24, 2.45) is 5.73 Å². The van der Waals surface area contributed by atoms with Crippen LogP contribution in [0.1, 0.15) is 37.7 Å². The van der Waals surface area contributed by atoms with E-state index in [-0.39, 0.29) is 11.9 Å². The summed E-state index contributed by atoms with van der Waals surface area (Å²) in [7, 11) is 0. The Kier molecular flexibility index (Phi) is 4.44. The lowest BCUT2D eigenvalue weighted by Gasteiger charge is -2.33. The largest absolute Gasteiger partial charge is 0.367 e. The number of aryl methyl sites for hydroxylation is 1. The first kappa shape index (κ1) is 14.4. The molecule has 0 radical (unpaired) electrons. The number of nitrogens with zero attached hydrogens (tertiary/aromatic N) is 1. The first-order valence-electron chi connectivity index (χ1n) is 8.12. The van der Waals surface area contributed by atoms with E-state index in [1.54, 1.807) is 0 Å². The van der Waals surface area contributed by atoms with Crippen LogP contribution in [0.5, 0.6) is 0 Å². The summed E-state index contributed by atoms with van der Waals surface area (Å²) in [5.74, 6) is 0.148. The maximum atomic E-state index is 12.1. The van der Waals surface area contributed by atoms with E-state index in [4.69, 9.17) is 5.73 Å². The van der Waals surface area contributed by atoms with Crippen molar-refractivity contribution < 1.29 is 4.79 Å². The van der Waals surface area contributed by atoms with E-state index in [0.29, 0.717) is 19.0 Å². The number of para-hydroxylation sites is 1. The van der Waals surface area contributed by atoms with Crippen molar-refractivity contribution in [3.05, 3.63) is 29.8 Å². The second-order valence-electron chi connectivity index (χ2n) is 6.21. The number of hydrogen-bond donors (Lipinski definition) is 2. The molecule has 0 bridgehead atoms. The molecule has 1 aromatic carbocycles. The fourth-order valence-corrected chi connectivity index (χ4v) is 3.15. The summed E-state index contributed by atoms with van der Waals surface area (Å²) in [4.78, 5) is 14.5. The van der Waals surface area contributed by atoms with E-state index in [1.807, 2.05) is 0 Å². The van der Waals surface area contributed by atoms with Crippen LogP contribution < -0.4 is 16.0 Å². The smallest absolute Gasteiger partial charge is 0.222 e. The highest BCUT2D eigenvalue weighted by molar-refractivity contribution is 5.78. The molecule has 0 saturated heterocycles. The molecule has 4 heteroatoms. The van der Waals surface area contributed by atoms with Crippen molar-refractivity contribution in [3.63, 3.8) is 0 Å². The normalized spacial score (nSPS) is 19.6. The lowest BCUT2D eigenvalue weighted by Crippen LogP contribution is -2.45. The number of benzene rings is 1. The molecular formula is C17H25N3O. The third-order valence-corrected chi connectivity index (χ3v) is 4.47. The highest BCUT2D eigenvalue weighted by atomic mass is 16.1. The van der Waals surface area contributed by atoms with Gasteiger partial charge in [0.15, 0.2) is 0 Å². The van der Waals surface area contributed by atoms with E-state index < -0.39 is 0 Å². The molecule has 4 nitrogen and oxygen atoms in total. The number of anilines is 1. The topological polar surface area (TPSA) is 58.4 Å². The number of carbonyl (C=O) groups excluding carboxylic acids is 1. The Morgan fingerprint density at radius 3 is 2.90 bits per heavy atom. The van der Waals surface area contributed by atoms with Gasteiger partial charge in [-0.3, -0.25) is 4.79 Å². The zero-order valence-electron chi connectivity index (χ0n) is 12.6. The second kappa shape index (κ2) is 6.48. The Balaban J connectivity index is 1.74. The van der Waals surface area contributed by atoms with Gasteiger partial charge in [-0.05, 0) is 43.7 Å². The monoisotopic (exact) mass is 287 g/mol. The quantitative estimate of drug-likeness (QED) is 0.868. The van der Waals surface area contributed by atoms with E-state index in [0.717, 1.165) is 32.2 Å². The van der Waals surface area contributed by atoms with Crippen LogP contribution in [0.15, 0.2) is 24.3 Å². The number of nitrogens with one attached hydrogen (secondary N) is 1. The van der Waals surface area contributed by atoms with Crippen molar-refractivity contribution in [1.82, 2.24) is 5.32 Å². The lowest BCUT2D eigenvalue weighted by molar-refractivity contribution is -0.121. The third kappa shape index (κ3) is 3.56. The van der Waals surface area contributed by atoms with Crippen LogP contribution in [0.25, 0.3) is 0 Å². The molecule has 1 aromatic rings. The van der Waals surface area contributed by atoms with E-state index in [9.17, 15) is 4.79 Å². The number of fused-ring (bicyclic) bond motifs is 1. The molecule has 114 valence electrons. The Hall–Kier alpha value is -1.55. The third-order valence-electron chi connectivity index (χ3n) is 4.47. The van der Waals surface area contributed by atoms with Crippen LogP contribution in [-0.4, -0.2) is 31.1 Å². The van der Waals surface area contributed by atoms with Gasteiger partial charge in [0.05, 0.1) is 0 Å². The van der Waals surface area contributed by atoms with Crippen molar-refractivity contribution in [3.8, 4) is 0 Å². The Morgan fingerprint density at radius 2 is 2.14 bits per heavy atom. The number of hydrogen-bond acceptors (Lipinski definition) is 3. The summed E-state index contributed by atoms with van der Waals surface area (Å²) in [6.45, 7) is 1.52. The molecule has 1 fully saturated rings. The van der Waals surface area contributed by atoms with Crippen LogP contribution in [-0.2, 0) is 11.2 Å². The standard InChI is InChI=1S/C17H25N3O/c18-12-15(11-17(21)19-14-8-9-14)20-10-4-3-6-13-5-1-2-7-16(13)20/h1-2,5,7,14-15H,3-4,6,8-12,18H2,(H,19,21).